The lowest BCUT2D eigenvalue weighted by Crippen LogP contribution is -2.21. The van der Waals surface area contributed by atoms with E-state index in [-0.39, 0.29) is 24.2 Å². The van der Waals surface area contributed by atoms with Crippen LogP contribution in [0.5, 0.6) is 0 Å². The molecule has 0 fully saturated rings. The van der Waals surface area contributed by atoms with E-state index in [4.69, 9.17) is 14.6 Å². The zero-order valence-corrected chi connectivity index (χ0v) is 13.7. The van der Waals surface area contributed by atoms with Gasteiger partial charge in [-0.05, 0) is 24.6 Å². The Bertz CT molecular complexity index is 754. The quantitative estimate of drug-likeness (QED) is 0.778. The largest absolute Gasteiger partial charge is 0.478 e. The molecule has 2 aromatic rings. The number of carboxylic acids is 1. The highest BCUT2D eigenvalue weighted by Crippen LogP contribution is 2.13. The van der Waals surface area contributed by atoms with E-state index >= 15 is 0 Å². The van der Waals surface area contributed by atoms with Crippen LogP contribution in [0.1, 0.15) is 39.6 Å². The maximum Gasteiger partial charge on any atom is 0.339 e. The summed E-state index contributed by atoms with van der Waals surface area (Å²) in [5.41, 5.74) is 0.654. The Morgan fingerprint density at radius 3 is 2.20 bits per heavy atom. The normalized spacial score (nSPS) is 11.4. The first kappa shape index (κ1) is 18.2. The SMILES string of the molecule is CC(CC(=O)OCc1ccccc1)OC(=O)c1ccccc1C(=O)O. The molecule has 0 radical (unpaired) electrons. The monoisotopic (exact) mass is 342 g/mol. The Morgan fingerprint density at radius 2 is 1.56 bits per heavy atom. The first-order chi connectivity index (χ1) is 12.0. The lowest BCUT2D eigenvalue weighted by molar-refractivity contribution is -0.147. The standard InChI is InChI=1S/C19H18O6/c1-13(11-17(20)24-12-14-7-3-2-4-8-14)25-19(23)16-10-6-5-9-15(16)18(21)22/h2-10,13H,11-12H2,1H3,(H,21,22). The first-order valence-electron chi connectivity index (χ1n) is 7.70. The third kappa shape index (κ3) is 5.46. The summed E-state index contributed by atoms with van der Waals surface area (Å²) in [6.45, 7) is 1.69. The van der Waals surface area contributed by atoms with E-state index in [9.17, 15) is 14.4 Å². The lowest BCUT2D eigenvalue weighted by atomic mass is 10.1. The van der Waals surface area contributed by atoms with Crippen LogP contribution in [0.15, 0.2) is 54.6 Å². The predicted octanol–water partition coefficient (Wildman–Crippen LogP) is 3.06. The summed E-state index contributed by atoms with van der Waals surface area (Å²) in [5, 5.41) is 9.09. The van der Waals surface area contributed by atoms with Crippen LogP contribution in [0.2, 0.25) is 0 Å². The molecular weight excluding hydrogens is 324 g/mol. The zero-order chi connectivity index (χ0) is 18.2. The number of carbonyl (C=O) groups is 3. The van der Waals surface area contributed by atoms with Gasteiger partial charge in [-0.2, -0.15) is 0 Å². The third-order valence-corrected chi connectivity index (χ3v) is 3.38. The van der Waals surface area contributed by atoms with Crippen molar-refractivity contribution >= 4 is 17.9 Å². The molecule has 1 atom stereocenters. The summed E-state index contributed by atoms with van der Waals surface area (Å²) >= 11 is 0. The number of carbonyl (C=O) groups excluding carboxylic acids is 2. The van der Waals surface area contributed by atoms with Crippen LogP contribution >= 0.6 is 0 Å². The van der Waals surface area contributed by atoms with Crippen LogP contribution in [-0.4, -0.2) is 29.1 Å². The van der Waals surface area contributed by atoms with Crippen LogP contribution in [0.25, 0.3) is 0 Å². The van der Waals surface area contributed by atoms with Gasteiger partial charge in [0.05, 0.1) is 17.5 Å². The summed E-state index contributed by atoms with van der Waals surface area (Å²) in [6, 6.07) is 15.0. The molecule has 2 aromatic carbocycles. The highest BCUT2D eigenvalue weighted by atomic mass is 16.6. The molecule has 0 aliphatic rings. The molecule has 0 saturated carbocycles. The minimum atomic E-state index is -1.22. The van der Waals surface area contributed by atoms with Gasteiger partial charge in [0, 0.05) is 0 Å². The van der Waals surface area contributed by atoms with Crippen LogP contribution in [-0.2, 0) is 20.9 Å². The molecule has 130 valence electrons. The second-order valence-electron chi connectivity index (χ2n) is 5.42. The van der Waals surface area contributed by atoms with Crippen molar-refractivity contribution in [3.63, 3.8) is 0 Å². The van der Waals surface area contributed by atoms with Crippen molar-refractivity contribution in [3.05, 3.63) is 71.3 Å². The van der Waals surface area contributed by atoms with Crippen molar-refractivity contribution in [2.24, 2.45) is 0 Å². The van der Waals surface area contributed by atoms with Gasteiger partial charge >= 0.3 is 17.9 Å². The van der Waals surface area contributed by atoms with Crippen molar-refractivity contribution in [1.82, 2.24) is 0 Å². The van der Waals surface area contributed by atoms with Gasteiger partial charge in [-0.15, -0.1) is 0 Å². The Balaban J connectivity index is 1.87. The molecule has 25 heavy (non-hydrogen) atoms. The molecule has 6 heteroatoms. The van der Waals surface area contributed by atoms with E-state index in [2.05, 4.69) is 0 Å². The van der Waals surface area contributed by atoms with E-state index in [0.29, 0.717) is 0 Å². The molecule has 0 aromatic heterocycles. The second kappa shape index (κ2) is 8.63. The Kier molecular flexibility index (Phi) is 6.28. The lowest BCUT2D eigenvalue weighted by Gasteiger charge is -2.14. The Hall–Kier alpha value is -3.15. The summed E-state index contributed by atoms with van der Waals surface area (Å²) < 4.78 is 10.3. The number of aromatic carboxylic acids is 1. The maximum atomic E-state index is 12.1. The Labute approximate surface area is 145 Å². The third-order valence-electron chi connectivity index (χ3n) is 3.38. The highest BCUT2D eigenvalue weighted by Gasteiger charge is 2.20. The van der Waals surface area contributed by atoms with Crippen LogP contribution in [0.4, 0.5) is 0 Å². The minimum Gasteiger partial charge on any atom is -0.478 e. The van der Waals surface area contributed by atoms with Crippen molar-refractivity contribution in [2.45, 2.75) is 26.1 Å². The van der Waals surface area contributed by atoms with Gasteiger partial charge < -0.3 is 14.6 Å². The van der Waals surface area contributed by atoms with Gasteiger partial charge in [-0.1, -0.05) is 42.5 Å². The molecule has 0 aliphatic heterocycles. The van der Waals surface area contributed by atoms with Crippen molar-refractivity contribution in [2.75, 3.05) is 0 Å². The number of ether oxygens (including phenoxy) is 2. The number of hydrogen-bond acceptors (Lipinski definition) is 5. The first-order valence-corrected chi connectivity index (χ1v) is 7.70. The van der Waals surface area contributed by atoms with Gasteiger partial charge in [-0.25, -0.2) is 9.59 Å². The number of hydrogen-bond donors (Lipinski definition) is 1. The molecule has 0 aliphatic carbocycles. The van der Waals surface area contributed by atoms with E-state index in [1.54, 1.807) is 13.0 Å². The van der Waals surface area contributed by atoms with Crippen molar-refractivity contribution in [1.29, 1.82) is 0 Å². The fourth-order valence-electron chi connectivity index (χ4n) is 2.17. The van der Waals surface area contributed by atoms with Crippen LogP contribution in [0.3, 0.4) is 0 Å². The molecular formula is C19H18O6. The molecule has 0 amide bonds. The fourth-order valence-corrected chi connectivity index (χ4v) is 2.17. The molecule has 0 bridgehead atoms. The second-order valence-corrected chi connectivity index (χ2v) is 5.42. The molecule has 1 unspecified atom stereocenters. The topological polar surface area (TPSA) is 89.9 Å². The molecule has 2 rings (SSSR count). The summed E-state index contributed by atoms with van der Waals surface area (Å²) in [6.07, 6.45) is -0.856. The van der Waals surface area contributed by atoms with Crippen molar-refractivity contribution < 1.29 is 29.0 Å². The molecule has 6 nitrogen and oxygen atoms in total. The number of carboxylic acid groups (broad SMARTS) is 1. The highest BCUT2D eigenvalue weighted by molar-refractivity contribution is 6.02. The smallest absolute Gasteiger partial charge is 0.339 e. The average Bonchev–Trinajstić information content (AvgIpc) is 2.60. The van der Waals surface area contributed by atoms with E-state index in [1.807, 2.05) is 30.3 Å². The maximum absolute atomic E-state index is 12.1. The van der Waals surface area contributed by atoms with Gasteiger partial charge in [0.1, 0.15) is 12.7 Å². The van der Waals surface area contributed by atoms with Gasteiger partial charge in [0.15, 0.2) is 0 Å². The summed E-state index contributed by atoms with van der Waals surface area (Å²) in [5.74, 6) is -2.51. The summed E-state index contributed by atoms with van der Waals surface area (Å²) in [7, 11) is 0. The van der Waals surface area contributed by atoms with Crippen LogP contribution < -0.4 is 0 Å². The van der Waals surface area contributed by atoms with Crippen LogP contribution in [0, 0.1) is 0 Å². The molecule has 1 N–H and O–H groups in total. The fraction of sp³-hybridized carbons (Fsp3) is 0.211. The molecule has 0 spiro atoms. The number of rotatable bonds is 7. The van der Waals surface area contributed by atoms with Gasteiger partial charge in [-0.3, -0.25) is 4.79 Å². The van der Waals surface area contributed by atoms with Gasteiger partial charge in [0.25, 0.3) is 0 Å². The average molecular weight is 342 g/mol. The molecule has 0 heterocycles. The predicted molar refractivity (Wildman–Crippen MR) is 89.1 cm³/mol. The van der Waals surface area contributed by atoms with Crippen molar-refractivity contribution in [3.8, 4) is 0 Å². The van der Waals surface area contributed by atoms with E-state index < -0.39 is 24.0 Å². The van der Waals surface area contributed by atoms with E-state index in [1.165, 1.54) is 18.2 Å². The Morgan fingerprint density at radius 1 is 0.960 bits per heavy atom. The number of esters is 2. The van der Waals surface area contributed by atoms with Gasteiger partial charge in [0.2, 0.25) is 0 Å². The summed E-state index contributed by atoms with van der Waals surface area (Å²) in [4.78, 5) is 35.0. The zero-order valence-electron chi connectivity index (χ0n) is 13.7. The number of benzene rings is 2. The van der Waals surface area contributed by atoms with E-state index in [0.717, 1.165) is 5.56 Å². The minimum absolute atomic E-state index is 0.0560. The molecule has 0 saturated heterocycles.